The van der Waals surface area contributed by atoms with Crippen LogP contribution in [0.3, 0.4) is 0 Å². The van der Waals surface area contributed by atoms with Crippen LogP contribution in [0.5, 0.6) is 0 Å². The first-order valence-electron chi connectivity index (χ1n) is 4.59. The van der Waals surface area contributed by atoms with Crippen LogP contribution >= 0.6 is 0 Å². The van der Waals surface area contributed by atoms with Gasteiger partial charge in [-0.1, -0.05) is 0 Å². The minimum absolute atomic E-state index is 0.144. The van der Waals surface area contributed by atoms with E-state index in [2.05, 4.69) is 9.97 Å². The minimum atomic E-state index is -0.144. The molecule has 0 fully saturated rings. The van der Waals surface area contributed by atoms with Crippen LogP contribution in [-0.2, 0) is 0 Å². The molecule has 0 unspecified atom stereocenters. The fourth-order valence-electron chi connectivity index (χ4n) is 1.36. The van der Waals surface area contributed by atoms with E-state index in [-0.39, 0.29) is 5.56 Å². The number of rotatable bonds is 1. The molecular formula is C11H11N3O. The van der Waals surface area contributed by atoms with Crippen LogP contribution in [-0.4, -0.2) is 9.97 Å². The SMILES string of the molecule is Cc1cc(=O)[nH]c(-c2ccc(N)cc2)n1. The van der Waals surface area contributed by atoms with Gasteiger partial charge in [0.15, 0.2) is 0 Å². The average Bonchev–Trinajstić information content (AvgIpc) is 2.17. The molecule has 76 valence electrons. The number of H-pyrrole nitrogens is 1. The number of hydrogen-bond acceptors (Lipinski definition) is 3. The zero-order chi connectivity index (χ0) is 10.8. The third kappa shape index (κ3) is 2.04. The van der Waals surface area contributed by atoms with Crippen LogP contribution in [0, 0.1) is 6.92 Å². The fourth-order valence-corrected chi connectivity index (χ4v) is 1.36. The van der Waals surface area contributed by atoms with Crippen molar-refractivity contribution in [1.82, 2.24) is 9.97 Å². The van der Waals surface area contributed by atoms with Gasteiger partial charge in [0.1, 0.15) is 5.82 Å². The molecular weight excluding hydrogens is 190 g/mol. The molecule has 0 spiro atoms. The Hall–Kier alpha value is -2.10. The van der Waals surface area contributed by atoms with Gasteiger partial charge in [-0.3, -0.25) is 4.79 Å². The molecule has 0 bridgehead atoms. The van der Waals surface area contributed by atoms with Crippen molar-refractivity contribution < 1.29 is 0 Å². The Labute approximate surface area is 86.8 Å². The summed E-state index contributed by atoms with van der Waals surface area (Å²) in [5.74, 6) is 0.569. The lowest BCUT2D eigenvalue weighted by Crippen LogP contribution is -2.08. The maximum absolute atomic E-state index is 11.2. The van der Waals surface area contributed by atoms with Gasteiger partial charge < -0.3 is 10.7 Å². The van der Waals surface area contributed by atoms with E-state index in [0.717, 1.165) is 5.56 Å². The summed E-state index contributed by atoms with van der Waals surface area (Å²) in [5, 5.41) is 0. The van der Waals surface area contributed by atoms with Crippen molar-refractivity contribution in [2.45, 2.75) is 6.92 Å². The van der Waals surface area contributed by atoms with Gasteiger partial charge in [0.25, 0.3) is 5.56 Å². The molecule has 0 aliphatic heterocycles. The number of benzene rings is 1. The van der Waals surface area contributed by atoms with Gasteiger partial charge in [0.05, 0.1) is 0 Å². The largest absolute Gasteiger partial charge is 0.399 e. The summed E-state index contributed by atoms with van der Waals surface area (Å²) in [7, 11) is 0. The van der Waals surface area contributed by atoms with Crippen LogP contribution in [0.15, 0.2) is 35.1 Å². The Bertz CT molecular complexity index is 528. The number of nitrogens with one attached hydrogen (secondary N) is 1. The quantitative estimate of drug-likeness (QED) is 0.683. The van der Waals surface area contributed by atoms with E-state index in [9.17, 15) is 4.79 Å². The first kappa shape index (κ1) is 9.45. The molecule has 0 saturated heterocycles. The van der Waals surface area contributed by atoms with Crippen molar-refractivity contribution >= 4 is 5.69 Å². The van der Waals surface area contributed by atoms with Gasteiger partial charge >= 0.3 is 0 Å². The standard InChI is InChI=1S/C11H11N3O/c1-7-6-10(15)14-11(13-7)8-2-4-9(12)5-3-8/h2-6H,12H2,1H3,(H,13,14,15). The lowest BCUT2D eigenvalue weighted by molar-refractivity contribution is 1.07. The lowest BCUT2D eigenvalue weighted by Gasteiger charge is -2.01. The molecule has 2 aromatic rings. The average molecular weight is 201 g/mol. The number of aromatic nitrogens is 2. The molecule has 0 aliphatic carbocycles. The molecule has 2 rings (SSSR count). The highest BCUT2D eigenvalue weighted by atomic mass is 16.1. The third-order valence-corrected chi connectivity index (χ3v) is 2.05. The second kappa shape index (κ2) is 3.57. The van der Waals surface area contributed by atoms with E-state index in [1.807, 2.05) is 12.1 Å². The maximum Gasteiger partial charge on any atom is 0.251 e. The molecule has 0 aliphatic rings. The van der Waals surface area contributed by atoms with Crippen molar-refractivity contribution in [3.8, 4) is 11.4 Å². The van der Waals surface area contributed by atoms with Crippen LogP contribution in [0.2, 0.25) is 0 Å². The van der Waals surface area contributed by atoms with Crippen LogP contribution in [0.25, 0.3) is 11.4 Å². The minimum Gasteiger partial charge on any atom is -0.399 e. The summed E-state index contributed by atoms with van der Waals surface area (Å²) in [6, 6.07) is 8.66. The normalized spacial score (nSPS) is 10.2. The third-order valence-electron chi connectivity index (χ3n) is 2.05. The molecule has 1 heterocycles. The molecule has 0 radical (unpaired) electrons. The van der Waals surface area contributed by atoms with Crippen molar-refractivity contribution in [1.29, 1.82) is 0 Å². The van der Waals surface area contributed by atoms with Gasteiger partial charge in [-0.15, -0.1) is 0 Å². The molecule has 15 heavy (non-hydrogen) atoms. The Morgan fingerprint density at radius 3 is 2.53 bits per heavy atom. The van der Waals surface area contributed by atoms with Gasteiger partial charge in [-0.25, -0.2) is 4.98 Å². The number of nitrogen functional groups attached to an aromatic ring is 1. The Morgan fingerprint density at radius 1 is 1.27 bits per heavy atom. The smallest absolute Gasteiger partial charge is 0.251 e. The molecule has 0 amide bonds. The van der Waals surface area contributed by atoms with Gasteiger partial charge in [-0.2, -0.15) is 0 Å². The zero-order valence-corrected chi connectivity index (χ0v) is 8.32. The van der Waals surface area contributed by atoms with E-state index in [1.165, 1.54) is 6.07 Å². The topological polar surface area (TPSA) is 71.8 Å². The summed E-state index contributed by atoms with van der Waals surface area (Å²) < 4.78 is 0. The van der Waals surface area contributed by atoms with E-state index < -0.39 is 0 Å². The number of anilines is 1. The summed E-state index contributed by atoms with van der Waals surface area (Å²) in [6.45, 7) is 1.79. The number of hydrogen-bond donors (Lipinski definition) is 2. The number of aryl methyl sites for hydroxylation is 1. The predicted molar refractivity (Wildman–Crippen MR) is 59.4 cm³/mol. The van der Waals surface area contributed by atoms with E-state index in [1.54, 1.807) is 19.1 Å². The highest BCUT2D eigenvalue weighted by Crippen LogP contribution is 2.15. The highest BCUT2D eigenvalue weighted by Gasteiger charge is 2.00. The Morgan fingerprint density at radius 2 is 1.93 bits per heavy atom. The molecule has 0 atom stereocenters. The monoisotopic (exact) mass is 201 g/mol. The summed E-state index contributed by atoms with van der Waals surface area (Å²) in [4.78, 5) is 18.1. The number of aromatic amines is 1. The maximum atomic E-state index is 11.2. The summed E-state index contributed by atoms with van der Waals surface area (Å²) >= 11 is 0. The first-order valence-corrected chi connectivity index (χ1v) is 4.59. The van der Waals surface area contributed by atoms with Crippen LogP contribution in [0.1, 0.15) is 5.69 Å². The Balaban J connectivity index is 2.54. The van der Waals surface area contributed by atoms with Gasteiger partial charge in [0.2, 0.25) is 0 Å². The second-order valence-corrected chi connectivity index (χ2v) is 3.36. The van der Waals surface area contributed by atoms with Crippen molar-refractivity contribution in [2.75, 3.05) is 5.73 Å². The zero-order valence-electron chi connectivity index (χ0n) is 8.32. The second-order valence-electron chi connectivity index (χ2n) is 3.36. The molecule has 3 N–H and O–H groups in total. The fraction of sp³-hybridized carbons (Fsp3) is 0.0909. The van der Waals surface area contributed by atoms with E-state index in [0.29, 0.717) is 17.2 Å². The predicted octanol–water partition coefficient (Wildman–Crippen LogP) is 1.33. The Kier molecular flexibility index (Phi) is 2.25. The van der Waals surface area contributed by atoms with Gasteiger partial charge in [-0.05, 0) is 31.2 Å². The molecule has 1 aromatic carbocycles. The van der Waals surface area contributed by atoms with E-state index in [4.69, 9.17) is 5.73 Å². The van der Waals surface area contributed by atoms with Crippen molar-refractivity contribution in [3.05, 3.63) is 46.4 Å². The molecule has 4 nitrogen and oxygen atoms in total. The molecule has 0 saturated carbocycles. The van der Waals surface area contributed by atoms with Gasteiger partial charge in [0, 0.05) is 23.0 Å². The summed E-state index contributed by atoms with van der Waals surface area (Å²) in [6.07, 6.45) is 0. The number of nitrogens with two attached hydrogens (primary N) is 1. The first-order chi connectivity index (χ1) is 7.15. The number of nitrogens with zero attached hydrogens (tertiary/aromatic N) is 1. The molecule has 4 heteroatoms. The molecule has 1 aromatic heterocycles. The lowest BCUT2D eigenvalue weighted by atomic mass is 10.2. The van der Waals surface area contributed by atoms with E-state index >= 15 is 0 Å². The van der Waals surface area contributed by atoms with Crippen molar-refractivity contribution in [3.63, 3.8) is 0 Å². The summed E-state index contributed by atoms with van der Waals surface area (Å²) in [5.41, 5.74) is 7.67. The van der Waals surface area contributed by atoms with Crippen LogP contribution < -0.4 is 11.3 Å². The van der Waals surface area contributed by atoms with Crippen molar-refractivity contribution in [2.24, 2.45) is 0 Å². The highest BCUT2D eigenvalue weighted by molar-refractivity contribution is 5.58. The van der Waals surface area contributed by atoms with Crippen LogP contribution in [0.4, 0.5) is 5.69 Å².